The van der Waals surface area contributed by atoms with Gasteiger partial charge in [-0.15, -0.1) is 22.7 Å². The Bertz CT molecular complexity index is 1280. The van der Waals surface area contributed by atoms with E-state index in [1.165, 1.54) is 11.3 Å². The van der Waals surface area contributed by atoms with Crippen molar-refractivity contribution in [3.63, 3.8) is 0 Å². The molecule has 3 aromatic heterocycles. The molecule has 1 aromatic carbocycles. The molecule has 0 bridgehead atoms. The SMILES string of the molecule is CCOc1cc(/C=C(\Cl)c2nc3scc(-c4cccs4)c3c(=O)[nH]2)cc(Cl)c1O. The third-order valence-electron chi connectivity index (χ3n) is 4.10. The van der Waals surface area contributed by atoms with Gasteiger partial charge in [-0.2, -0.15) is 0 Å². The highest BCUT2D eigenvalue weighted by atomic mass is 35.5. The number of fused-ring (bicyclic) bond motifs is 1. The molecular formula is C20H14Cl2N2O3S2. The zero-order valence-electron chi connectivity index (χ0n) is 15.0. The van der Waals surface area contributed by atoms with E-state index in [0.29, 0.717) is 22.4 Å². The number of aromatic amines is 1. The normalized spacial score (nSPS) is 11.9. The Morgan fingerprint density at radius 1 is 1.38 bits per heavy atom. The molecule has 2 N–H and O–H groups in total. The molecule has 4 rings (SSSR count). The van der Waals surface area contributed by atoms with Gasteiger partial charge in [0.05, 0.1) is 22.0 Å². The minimum Gasteiger partial charge on any atom is -0.503 e. The standard InChI is InChI=1S/C20H14Cl2N2O3S2/c1-2-27-14-8-10(6-12(21)17(14)25)7-13(22)18-23-19(26)16-11(9-29-20(16)24-18)15-4-3-5-28-15/h3-9,25H,2H2,1H3,(H,23,24,26)/b13-7-. The van der Waals surface area contributed by atoms with Gasteiger partial charge in [-0.3, -0.25) is 4.79 Å². The Morgan fingerprint density at radius 3 is 2.93 bits per heavy atom. The van der Waals surface area contributed by atoms with Crippen molar-refractivity contribution in [3.8, 4) is 21.9 Å². The summed E-state index contributed by atoms with van der Waals surface area (Å²) in [6.07, 6.45) is 1.60. The number of halogens is 2. The molecule has 148 valence electrons. The van der Waals surface area contributed by atoms with Gasteiger partial charge in [0.25, 0.3) is 5.56 Å². The first-order valence-electron chi connectivity index (χ1n) is 8.56. The first-order chi connectivity index (χ1) is 14.0. The van der Waals surface area contributed by atoms with E-state index in [2.05, 4.69) is 9.97 Å². The molecule has 5 nitrogen and oxygen atoms in total. The van der Waals surface area contributed by atoms with Crippen LogP contribution >= 0.6 is 45.9 Å². The number of hydrogen-bond donors (Lipinski definition) is 2. The molecule has 0 fully saturated rings. The number of phenols is 1. The maximum absolute atomic E-state index is 12.7. The molecule has 29 heavy (non-hydrogen) atoms. The number of hydrogen-bond acceptors (Lipinski definition) is 6. The second-order valence-corrected chi connectivity index (χ2v) is 8.62. The third kappa shape index (κ3) is 3.91. The van der Waals surface area contributed by atoms with E-state index in [1.807, 2.05) is 22.9 Å². The molecular weight excluding hydrogens is 451 g/mol. The number of benzene rings is 1. The second-order valence-electron chi connectivity index (χ2n) is 6.00. The number of ether oxygens (including phenoxy) is 1. The van der Waals surface area contributed by atoms with Crippen LogP contribution in [0.2, 0.25) is 5.02 Å². The molecule has 0 saturated carbocycles. The molecule has 0 radical (unpaired) electrons. The molecule has 0 spiro atoms. The van der Waals surface area contributed by atoms with Gasteiger partial charge in [0.2, 0.25) is 0 Å². The zero-order valence-corrected chi connectivity index (χ0v) is 18.2. The lowest BCUT2D eigenvalue weighted by atomic mass is 10.1. The number of thiophene rings is 2. The maximum Gasteiger partial charge on any atom is 0.260 e. The quantitative estimate of drug-likeness (QED) is 0.368. The van der Waals surface area contributed by atoms with Crippen molar-refractivity contribution in [2.75, 3.05) is 6.61 Å². The van der Waals surface area contributed by atoms with Crippen molar-refractivity contribution in [1.29, 1.82) is 0 Å². The van der Waals surface area contributed by atoms with E-state index >= 15 is 0 Å². The van der Waals surface area contributed by atoms with Crippen LogP contribution in [0.3, 0.4) is 0 Å². The van der Waals surface area contributed by atoms with Gasteiger partial charge in [-0.05, 0) is 42.1 Å². The lowest BCUT2D eigenvalue weighted by Gasteiger charge is -2.08. The summed E-state index contributed by atoms with van der Waals surface area (Å²) in [6, 6.07) is 7.08. The van der Waals surface area contributed by atoms with E-state index in [-0.39, 0.29) is 32.9 Å². The highest BCUT2D eigenvalue weighted by molar-refractivity contribution is 7.18. The van der Waals surface area contributed by atoms with Gasteiger partial charge in [-0.25, -0.2) is 4.98 Å². The Hall–Kier alpha value is -2.32. The average molecular weight is 465 g/mol. The van der Waals surface area contributed by atoms with Crippen LogP contribution in [0.15, 0.2) is 39.8 Å². The summed E-state index contributed by atoms with van der Waals surface area (Å²) in [4.78, 5) is 21.6. The van der Waals surface area contributed by atoms with Crippen LogP contribution in [-0.2, 0) is 0 Å². The van der Waals surface area contributed by atoms with E-state index in [0.717, 1.165) is 10.4 Å². The highest BCUT2D eigenvalue weighted by Gasteiger charge is 2.15. The topological polar surface area (TPSA) is 75.2 Å². The van der Waals surface area contributed by atoms with Crippen LogP contribution in [0.1, 0.15) is 18.3 Å². The van der Waals surface area contributed by atoms with E-state index in [1.54, 1.807) is 36.5 Å². The van der Waals surface area contributed by atoms with Crippen LogP contribution in [0, 0.1) is 0 Å². The summed E-state index contributed by atoms with van der Waals surface area (Å²) in [5.74, 6) is 0.381. The van der Waals surface area contributed by atoms with Gasteiger partial charge in [0, 0.05) is 15.8 Å². The molecule has 0 unspecified atom stereocenters. The van der Waals surface area contributed by atoms with Crippen LogP contribution in [-0.4, -0.2) is 21.7 Å². The summed E-state index contributed by atoms with van der Waals surface area (Å²) in [5.41, 5.74) is 1.22. The van der Waals surface area contributed by atoms with E-state index < -0.39 is 0 Å². The van der Waals surface area contributed by atoms with Gasteiger partial charge < -0.3 is 14.8 Å². The largest absolute Gasteiger partial charge is 0.503 e. The second kappa shape index (κ2) is 8.20. The minimum atomic E-state index is -0.250. The average Bonchev–Trinajstić information content (AvgIpc) is 3.35. The summed E-state index contributed by atoms with van der Waals surface area (Å²) in [7, 11) is 0. The van der Waals surface area contributed by atoms with Gasteiger partial charge >= 0.3 is 0 Å². The van der Waals surface area contributed by atoms with Crippen LogP contribution in [0.25, 0.3) is 31.8 Å². The minimum absolute atomic E-state index is 0.130. The maximum atomic E-state index is 12.7. The number of H-pyrrole nitrogens is 1. The van der Waals surface area contributed by atoms with Gasteiger partial charge in [0.1, 0.15) is 4.83 Å². The molecule has 0 amide bonds. The van der Waals surface area contributed by atoms with Crippen molar-refractivity contribution >= 4 is 67.2 Å². The predicted molar refractivity (Wildman–Crippen MR) is 122 cm³/mol. The molecule has 0 atom stereocenters. The Morgan fingerprint density at radius 2 is 2.21 bits per heavy atom. The first-order valence-corrected chi connectivity index (χ1v) is 11.1. The van der Waals surface area contributed by atoms with E-state index in [4.69, 9.17) is 27.9 Å². The first kappa shape index (κ1) is 20.0. The van der Waals surface area contributed by atoms with Crippen molar-refractivity contribution in [2.24, 2.45) is 0 Å². The fourth-order valence-electron chi connectivity index (χ4n) is 2.83. The number of rotatable bonds is 5. The van der Waals surface area contributed by atoms with Crippen molar-refractivity contribution in [2.45, 2.75) is 6.92 Å². The number of nitrogens with zero attached hydrogens (tertiary/aromatic N) is 1. The van der Waals surface area contributed by atoms with E-state index in [9.17, 15) is 9.90 Å². The fourth-order valence-corrected chi connectivity index (χ4v) is 5.03. The van der Waals surface area contributed by atoms with Crippen molar-refractivity contribution in [1.82, 2.24) is 9.97 Å². The lowest BCUT2D eigenvalue weighted by molar-refractivity contribution is 0.318. The van der Waals surface area contributed by atoms with Crippen LogP contribution in [0.4, 0.5) is 0 Å². The number of aromatic nitrogens is 2. The zero-order chi connectivity index (χ0) is 20.5. The molecule has 4 aromatic rings. The van der Waals surface area contributed by atoms with Crippen LogP contribution in [0.5, 0.6) is 11.5 Å². The molecule has 0 aliphatic carbocycles. The molecule has 3 heterocycles. The Kier molecular flexibility index (Phi) is 5.65. The number of phenolic OH excluding ortho intramolecular Hbond substituents is 1. The molecule has 0 aliphatic heterocycles. The summed E-state index contributed by atoms with van der Waals surface area (Å²) in [5, 5.41) is 14.8. The number of nitrogens with one attached hydrogen (secondary N) is 1. The number of aromatic hydroxyl groups is 1. The monoisotopic (exact) mass is 464 g/mol. The van der Waals surface area contributed by atoms with Crippen molar-refractivity contribution < 1.29 is 9.84 Å². The van der Waals surface area contributed by atoms with Crippen molar-refractivity contribution in [3.05, 3.63) is 61.8 Å². The molecule has 0 aliphatic rings. The molecule has 0 saturated heterocycles. The lowest BCUT2D eigenvalue weighted by Crippen LogP contribution is -2.10. The third-order valence-corrected chi connectivity index (χ3v) is 6.45. The molecule has 9 heteroatoms. The summed E-state index contributed by atoms with van der Waals surface area (Å²) in [6.45, 7) is 2.18. The van der Waals surface area contributed by atoms with Crippen LogP contribution < -0.4 is 10.3 Å². The van der Waals surface area contributed by atoms with Gasteiger partial charge in [-0.1, -0.05) is 29.3 Å². The predicted octanol–water partition coefficient (Wildman–Crippen LogP) is 6.21. The summed E-state index contributed by atoms with van der Waals surface area (Å²) >= 11 is 15.5. The Labute approximate surface area is 183 Å². The highest BCUT2D eigenvalue weighted by Crippen LogP contribution is 2.37. The summed E-state index contributed by atoms with van der Waals surface area (Å²) < 4.78 is 5.38. The van der Waals surface area contributed by atoms with Gasteiger partial charge in [0.15, 0.2) is 17.3 Å². The fraction of sp³-hybridized carbons (Fsp3) is 0.100. The smallest absolute Gasteiger partial charge is 0.260 e. The Balaban J connectivity index is 1.76.